The molecule has 0 atom stereocenters. The summed E-state index contributed by atoms with van der Waals surface area (Å²) in [4.78, 5) is 15.1. The Morgan fingerprint density at radius 1 is 1.30 bits per heavy atom. The molecule has 4 heteroatoms. The molecule has 1 aromatic heterocycles. The molecule has 0 fully saturated rings. The molecule has 0 aliphatic heterocycles. The number of carbonyl (C=O) groups excluding carboxylic acids is 1. The highest BCUT2D eigenvalue weighted by molar-refractivity contribution is 5.88. The molecule has 0 saturated heterocycles. The highest BCUT2D eigenvalue weighted by atomic mass is 16.5. The molecule has 1 aliphatic rings. The van der Waals surface area contributed by atoms with Gasteiger partial charge in [-0.25, -0.2) is 4.98 Å². The highest BCUT2D eigenvalue weighted by Gasteiger charge is 2.18. The lowest BCUT2D eigenvalue weighted by molar-refractivity contribution is -0.105. The van der Waals surface area contributed by atoms with E-state index in [0.717, 1.165) is 42.5 Å². The van der Waals surface area contributed by atoms with Crippen LogP contribution >= 0.6 is 0 Å². The number of pyridine rings is 1. The van der Waals surface area contributed by atoms with Gasteiger partial charge >= 0.3 is 0 Å². The lowest BCUT2D eigenvalue weighted by Gasteiger charge is -2.14. The fourth-order valence-electron chi connectivity index (χ4n) is 2.82. The van der Waals surface area contributed by atoms with Gasteiger partial charge < -0.3 is 10.1 Å². The zero-order chi connectivity index (χ0) is 13.9. The Kier molecular flexibility index (Phi) is 3.37. The molecule has 0 unspecified atom stereocenters. The van der Waals surface area contributed by atoms with Crippen molar-refractivity contribution in [2.45, 2.75) is 19.3 Å². The molecule has 3 rings (SSSR count). The lowest BCUT2D eigenvalue weighted by Crippen LogP contribution is -2.01. The van der Waals surface area contributed by atoms with Crippen LogP contribution in [0.1, 0.15) is 17.5 Å². The maximum Gasteiger partial charge on any atom is 0.213 e. The van der Waals surface area contributed by atoms with Crippen LogP contribution in [0.4, 0.5) is 5.69 Å². The van der Waals surface area contributed by atoms with E-state index in [0.29, 0.717) is 5.88 Å². The smallest absolute Gasteiger partial charge is 0.213 e. The van der Waals surface area contributed by atoms with Crippen molar-refractivity contribution >= 4 is 12.1 Å². The number of methoxy groups -OCH3 is 1. The minimum Gasteiger partial charge on any atom is -0.481 e. The molecular formula is C16H16N2O2. The number of benzene rings is 1. The summed E-state index contributed by atoms with van der Waals surface area (Å²) in [7, 11) is 1.60. The molecule has 0 saturated carbocycles. The van der Waals surface area contributed by atoms with Crippen LogP contribution in [-0.2, 0) is 17.6 Å². The lowest BCUT2D eigenvalue weighted by atomic mass is 9.98. The number of hydrogen-bond donors (Lipinski definition) is 1. The van der Waals surface area contributed by atoms with E-state index in [1.165, 1.54) is 11.1 Å². The fraction of sp³-hybridized carbons (Fsp3) is 0.250. The standard InChI is InChI=1S/C16H16N2O2/c1-20-15-9-12(7-8-17-15)14-6-5-11-3-2-4-13(11)16(14)18-10-19/h5-10H,2-4H2,1H3,(H,18,19). The number of aryl methyl sites for hydroxylation is 1. The molecule has 4 nitrogen and oxygen atoms in total. The fourth-order valence-corrected chi connectivity index (χ4v) is 2.82. The van der Waals surface area contributed by atoms with Gasteiger partial charge in [0.1, 0.15) is 0 Å². The Morgan fingerprint density at radius 3 is 3.00 bits per heavy atom. The molecule has 1 amide bonds. The predicted octanol–water partition coefficient (Wildman–Crippen LogP) is 2.81. The third-order valence-corrected chi connectivity index (χ3v) is 3.74. The van der Waals surface area contributed by atoms with Crippen LogP contribution in [0.2, 0.25) is 0 Å². The summed E-state index contributed by atoms with van der Waals surface area (Å²) in [6.07, 6.45) is 5.71. The average molecular weight is 268 g/mol. The van der Waals surface area contributed by atoms with Gasteiger partial charge in [-0.15, -0.1) is 0 Å². The van der Waals surface area contributed by atoms with Gasteiger partial charge in [0.15, 0.2) is 0 Å². The minimum absolute atomic E-state index is 0.569. The van der Waals surface area contributed by atoms with Crippen LogP contribution in [0.3, 0.4) is 0 Å². The molecule has 0 radical (unpaired) electrons. The van der Waals surface area contributed by atoms with Crippen LogP contribution < -0.4 is 10.1 Å². The van der Waals surface area contributed by atoms with Crippen LogP contribution in [0, 0.1) is 0 Å². The number of amides is 1. The molecule has 20 heavy (non-hydrogen) atoms. The van der Waals surface area contributed by atoms with E-state index < -0.39 is 0 Å². The number of carbonyl (C=O) groups is 1. The van der Waals surface area contributed by atoms with Gasteiger partial charge in [-0.1, -0.05) is 12.1 Å². The zero-order valence-corrected chi connectivity index (χ0v) is 11.3. The number of rotatable bonds is 4. The van der Waals surface area contributed by atoms with E-state index in [2.05, 4.69) is 22.4 Å². The first-order valence-corrected chi connectivity index (χ1v) is 6.69. The first-order valence-electron chi connectivity index (χ1n) is 6.69. The molecule has 0 spiro atoms. The van der Waals surface area contributed by atoms with Crippen LogP contribution in [0.15, 0.2) is 30.5 Å². The second kappa shape index (κ2) is 5.33. The summed E-state index contributed by atoms with van der Waals surface area (Å²) < 4.78 is 5.17. The van der Waals surface area contributed by atoms with E-state index >= 15 is 0 Å². The van der Waals surface area contributed by atoms with E-state index in [1.807, 2.05) is 12.1 Å². The van der Waals surface area contributed by atoms with Gasteiger partial charge in [-0.2, -0.15) is 0 Å². The monoisotopic (exact) mass is 268 g/mol. The number of nitrogens with zero attached hydrogens (tertiary/aromatic N) is 1. The quantitative estimate of drug-likeness (QED) is 0.867. The molecule has 0 bridgehead atoms. The first-order chi connectivity index (χ1) is 9.83. The van der Waals surface area contributed by atoms with Crippen molar-refractivity contribution in [2.24, 2.45) is 0 Å². The molecule has 1 aliphatic carbocycles. The summed E-state index contributed by atoms with van der Waals surface area (Å²) in [6.45, 7) is 0. The number of nitrogens with one attached hydrogen (secondary N) is 1. The highest BCUT2D eigenvalue weighted by Crippen LogP contribution is 2.37. The third-order valence-electron chi connectivity index (χ3n) is 3.74. The van der Waals surface area contributed by atoms with Crippen molar-refractivity contribution in [2.75, 3.05) is 12.4 Å². The summed E-state index contributed by atoms with van der Waals surface area (Å²) >= 11 is 0. The topological polar surface area (TPSA) is 51.2 Å². The van der Waals surface area contributed by atoms with E-state index in [1.54, 1.807) is 13.3 Å². The SMILES string of the molecule is COc1cc(-c2ccc3c(c2NC=O)CCC3)ccn1. The van der Waals surface area contributed by atoms with Crippen LogP contribution in [0.5, 0.6) is 5.88 Å². The summed E-state index contributed by atoms with van der Waals surface area (Å²) in [5.41, 5.74) is 5.52. The van der Waals surface area contributed by atoms with Crippen molar-refractivity contribution in [3.63, 3.8) is 0 Å². The van der Waals surface area contributed by atoms with Gasteiger partial charge in [0, 0.05) is 17.8 Å². The van der Waals surface area contributed by atoms with Crippen molar-refractivity contribution in [3.8, 4) is 17.0 Å². The Labute approximate surface area is 117 Å². The zero-order valence-electron chi connectivity index (χ0n) is 11.3. The van der Waals surface area contributed by atoms with Crippen molar-refractivity contribution < 1.29 is 9.53 Å². The number of aromatic nitrogens is 1. The molecule has 2 aromatic rings. The Hall–Kier alpha value is -2.36. The molecule has 1 aromatic carbocycles. The minimum atomic E-state index is 0.569. The van der Waals surface area contributed by atoms with Crippen molar-refractivity contribution in [1.82, 2.24) is 4.98 Å². The van der Waals surface area contributed by atoms with E-state index in [4.69, 9.17) is 4.74 Å². The van der Waals surface area contributed by atoms with Gasteiger partial charge in [0.05, 0.1) is 12.8 Å². The Morgan fingerprint density at radius 2 is 2.20 bits per heavy atom. The van der Waals surface area contributed by atoms with Gasteiger partial charge in [0.2, 0.25) is 12.3 Å². The van der Waals surface area contributed by atoms with Crippen LogP contribution in [0.25, 0.3) is 11.1 Å². The van der Waals surface area contributed by atoms with E-state index in [9.17, 15) is 4.79 Å². The van der Waals surface area contributed by atoms with Gasteiger partial charge in [0.25, 0.3) is 0 Å². The summed E-state index contributed by atoms with van der Waals surface area (Å²) in [5.74, 6) is 0.569. The normalized spacial score (nSPS) is 12.8. The maximum absolute atomic E-state index is 10.9. The van der Waals surface area contributed by atoms with Gasteiger partial charge in [-0.3, -0.25) is 4.79 Å². The second-order valence-corrected chi connectivity index (χ2v) is 4.83. The predicted molar refractivity (Wildman–Crippen MR) is 77.9 cm³/mol. The van der Waals surface area contributed by atoms with Crippen LogP contribution in [-0.4, -0.2) is 18.5 Å². The Bertz CT molecular complexity index is 653. The average Bonchev–Trinajstić information content (AvgIpc) is 2.97. The molecular weight excluding hydrogens is 252 g/mol. The number of hydrogen-bond acceptors (Lipinski definition) is 3. The number of fused-ring (bicyclic) bond motifs is 1. The van der Waals surface area contributed by atoms with Crippen molar-refractivity contribution in [3.05, 3.63) is 41.6 Å². The van der Waals surface area contributed by atoms with Gasteiger partial charge in [-0.05, 0) is 42.0 Å². The Balaban J connectivity index is 2.15. The summed E-state index contributed by atoms with van der Waals surface area (Å²) in [6, 6.07) is 8.02. The molecule has 1 heterocycles. The van der Waals surface area contributed by atoms with E-state index in [-0.39, 0.29) is 0 Å². The third kappa shape index (κ3) is 2.13. The summed E-state index contributed by atoms with van der Waals surface area (Å²) in [5, 5.41) is 2.87. The number of ether oxygens (including phenoxy) is 1. The van der Waals surface area contributed by atoms with Crippen molar-refractivity contribution in [1.29, 1.82) is 0 Å². The second-order valence-electron chi connectivity index (χ2n) is 4.83. The molecule has 1 N–H and O–H groups in total. The first kappa shape index (κ1) is 12.7. The molecule has 102 valence electrons. The number of anilines is 1. The largest absolute Gasteiger partial charge is 0.481 e. The maximum atomic E-state index is 10.9.